The zero-order valence-corrected chi connectivity index (χ0v) is 7.25. The van der Waals surface area contributed by atoms with Crippen molar-refractivity contribution in [3.8, 4) is 0 Å². The van der Waals surface area contributed by atoms with Gasteiger partial charge in [0.25, 0.3) is 0 Å². The molecule has 0 aromatic rings. The lowest BCUT2D eigenvalue weighted by Crippen LogP contribution is -2.35. The summed E-state index contributed by atoms with van der Waals surface area (Å²) in [7, 11) is 2.17. The summed E-state index contributed by atoms with van der Waals surface area (Å²) in [5, 5.41) is 0. The van der Waals surface area contributed by atoms with Crippen LogP contribution in [0.5, 0.6) is 0 Å². The van der Waals surface area contributed by atoms with Gasteiger partial charge in [0.2, 0.25) is 0 Å². The van der Waals surface area contributed by atoms with Crippen molar-refractivity contribution >= 4 is 6.79 Å². The average molecular weight is 158 g/mol. The summed E-state index contributed by atoms with van der Waals surface area (Å²) >= 11 is 0. The number of nitrogens with two attached hydrogens (primary N) is 1. The quantitative estimate of drug-likeness (QED) is 0.589. The van der Waals surface area contributed by atoms with E-state index in [1.807, 2.05) is 6.79 Å². The lowest BCUT2D eigenvalue weighted by atomic mass is 9.99. The summed E-state index contributed by atoms with van der Waals surface area (Å²) in [5.41, 5.74) is 5.54. The Labute approximate surface area is 68.6 Å². The maximum absolute atomic E-state index is 8.00. The fraction of sp³-hybridized carbons (Fsp3) is 0.875. The summed E-state index contributed by atoms with van der Waals surface area (Å²) in [6.45, 7) is 5.33. The standard InChI is InChI=1S/C7H16N2.CH2O/c1-9-4-2-3-7(5-8)6-9;1-2/h7H,2-6,8H2,1H3;1H2. The second-order valence-corrected chi connectivity index (χ2v) is 3.01. The van der Waals surface area contributed by atoms with Gasteiger partial charge >= 0.3 is 0 Å². The number of nitrogens with zero attached hydrogens (tertiary/aromatic N) is 1. The van der Waals surface area contributed by atoms with E-state index in [1.165, 1.54) is 25.9 Å². The second kappa shape index (κ2) is 6.31. The van der Waals surface area contributed by atoms with Crippen molar-refractivity contribution < 1.29 is 4.79 Å². The first-order chi connectivity index (χ1) is 5.33. The number of rotatable bonds is 1. The van der Waals surface area contributed by atoms with Crippen molar-refractivity contribution in [2.75, 3.05) is 26.7 Å². The number of likely N-dealkylation sites (tertiary alicyclic amines) is 1. The van der Waals surface area contributed by atoms with Gasteiger partial charge in [-0.25, -0.2) is 0 Å². The minimum absolute atomic E-state index is 0.767. The van der Waals surface area contributed by atoms with Crippen LogP contribution in [-0.2, 0) is 4.79 Å². The molecule has 1 saturated heterocycles. The molecule has 11 heavy (non-hydrogen) atoms. The Bertz CT molecular complexity index is 98.1. The molecular weight excluding hydrogens is 140 g/mol. The van der Waals surface area contributed by atoms with Gasteiger partial charge in [0.1, 0.15) is 6.79 Å². The average Bonchev–Trinajstić information content (AvgIpc) is 2.08. The third kappa shape index (κ3) is 4.11. The highest BCUT2D eigenvalue weighted by atomic mass is 16.1. The summed E-state index contributed by atoms with van der Waals surface area (Å²) in [4.78, 5) is 10.4. The normalized spacial score (nSPS) is 25.5. The van der Waals surface area contributed by atoms with E-state index in [0.29, 0.717) is 0 Å². The Morgan fingerprint density at radius 2 is 2.27 bits per heavy atom. The molecule has 0 aromatic heterocycles. The predicted molar refractivity (Wildman–Crippen MR) is 46.4 cm³/mol. The molecule has 1 aliphatic heterocycles. The van der Waals surface area contributed by atoms with Gasteiger partial charge in [-0.05, 0) is 38.9 Å². The van der Waals surface area contributed by atoms with Crippen LogP contribution in [0.2, 0.25) is 0 Å². The molecule has 3 heteroatoms. The highest BCUT2D eigenvalue weighted by Crippen LogP contribution is 2.12. The molecule has 2 N–H and O–H groups in total. The lowest BCUT2D eigenvalue weighted by molar-refractivity contribution is -0.0979. The van der Waals surface area contributed by atoms with E-state index < -0.39 is 0 Å². The highest BCUT2D eigenvalue weighted by Gasteiger charge is 2.14. The lowest BCUT2D eigenvalue weighted by Gasteiger charge is -2.28. The number of piperidine rings is 1. The SMILES string of the molecule is C=O.CN1CCCC(CN)C1. The largest absolute Gasteiger partial charge is 0.330 e. The van der Waals surface area contributed by atoms with Gasteiger partial charge in [-0.15, -0.1) is 0 Å². The monoisotopic (exact) mass is 158 g/mol. The van der Waals surface area contributed by atoms with E-state index in [0.717, 1.165) is 12.5 Å². The van der Waals surface area contributed by atoms with Gasteiger partial charge in [0, 0.05) is 6.54 Å². The number of carbonyl (C=O) groups excluding carboxylic acids is 1. The molecule has 0 bridgehead atoms. The zero-order valence-electron chi connectivity index (χ0n) is 7.25. The van der Waals surface area contributed by atoms with Gasteiger partial charge < -0.3 is 15.4 Å². The van der Waals surface area contributed by atoms with Crippen molar-refractivity contribution in [2.45, 2.75) is 12.8 Å². The topological polar surface area (TPSA) is 46.3 Å². The molecule has 0 amide bonds. The van der Waals surface area contributed by atoms with Crippen molar-refractivity contribution in [1.29, 1.82) is 0 Å². The molecule has 0 aliphatic carbocycles. The molecule has 1 rings (SSSR count). The van der Waals surface area contributed by atoms with E-state index in [-0.39, 0.29) is 0 Å². The predicted octanol–water partition coefficient (Wildman–Crippen LogP) is 0.102. The Hall–Kier alpha value is -0.410. The van der Waals surface area contributed by atoms with Gasteiger partial charge in [-0.2, -0.15) is 0 Å². The van der Waals surface area contributed by atoms with Crippen LogP contribution in [-0.4, -0.2) is 38.4 Å². The third-order valence-electron chi connectivity index (χ3n) is 2.06. The summed E-state index contributed by atoms with van der Waals surface area (Å²) in [5.74, 6) is 0.767. The molecule has 0 saturated carbocycles. The number of carbonyl (C=O) groups is 1. The Morgan fingerprint density at radius 1 is 1.64 bits per heavy atom. The zero-order chi connectivity index (χ0) is 8.69. The van der Waals surface area contributed by atoms with Crippen LogP contribution in [0.1, 0.15) is 12.8 Å². The van der Waals surface area contributed by atoms with Crippen LogP contribution < -0.4 is 5.73 Å². The third-order valence-corrected chi connectivity index (χ3v) is 2.06. The maximum atomic E-state index is 8.00. The number of hydrogen-bond donors (Lipinski definition) is 1. The van der Waals surface area contributed by atoms with Crippen LogP contribution in [0.3, 0.4) is 0 Å². The molecule has 1 heterocycles. The van der Waals surface area contributed by atoms with E-state index in [2.05, 4.69) is 11.9 Å². The van der Waals surface area contributed by atoms with Crippen molar-refractivity contribution in [3.05, 3.63) is 0 Å². The second-order valence-electron chi connectivity index (χ2n) is 3.01. The van der Waals surface area contributed by atoms with Gasteiger partial charge in [0.05, 0.1) is 0 Å². The van der Waals surface area contributed by atoms with Crippen LogP contribution >= 0.6 is 0 Å². The van der Waals surface area contributed by atoms with Crippen molar-refractivity contribution in [3.63, 3.8) is 0 Å². The fourth-order valence-corrected chi connectivity index (χ4v) is 1.47. The Kier molecular flexibility index (Phi) is 6.07. The number of hydrogen-bond acceptors (Lipinski definition) is 3. The molecule has 0 aromatic carbocycles. The Morgan fingerprint density at radius 3 is 2.64 bits per heavy atom. The van der Waals surface area contributed by atoms with Crippen LogP contribution in [0.25, 0.3) is 0 Å². The maximum Gasteiger partial charge on any atom is 0.106 e. The Balaban J connectivity index is 0.000000461. The van der Waals surface area contributed by atoms with Gasteiger partial charge in [0.15, 0.2) is 0 Å². The van der Waals surface area contributed by atoms with Gasteiger partial charge in [-0.3, -0.25) is 0 Å². The summed E-state index contributed by atoms with van der Waals surface area (Å²) in [6, 6.07) is 0. The minimum atomic E-state index is 0.767. The molecule has 1 fully saturated rings. The molecular formula is C8H18N2O. The first kappa shape index (κ1) is 10.6. The van der Waals surface area contributed by atoms with E-state index in [4.69, 9.17) is 10.5 Å². The van der Waals surface area contributed by atoms with Crippen LogP contribution in [0.4, 0.5) is 0 Å². The minimum Gasteiger partial charge on any atom is -0.330 e. The van der Waals surface area contributed by atoms with E-state index >= 15 is 0 Å². The first-order valence-corrected chi connectivity index (χ1v) is 4.00. The summed E-state index contributed by atoms with van der Waals surface area (Å²) < 4.78 is 0. The van der Waals surface area contributed by atoms with Gasteiger partial charge in [-0.1, -0.05) is 0 Å². The molecule has 1 aliphatic rings. The van der Waals surface area contributed by atoms with Crippen LogP contribution in [0.15, 0.2) is 0 Å². The molecule has 1 unspecified atom stereocenters. The molecule has 66 valence electrons. The van der Waals surface area contributed by atoms with Crippen LogP contribution in [0, 0.1) is 5.92 Å². The smallest absolute Gasteiger partial charge is 0.106 e. The summed E-state index contributed by atoms with van der Waals surface area (Å²) in [6.07, 6.45) is 2.67. The fourth-order valence-electron chi connectivity index (χ4n) is 1.47. The van der Waals surface area contributed by atoms with Crippen molar-refractivity contribution in [1.82, 2.24) is 4.90 Å². The molecule has 3 nitrogen and oxygen atoms in total. The molecule has 0 spiro atoms. The van der Waals surface area contributed by atoms with E-state index in [1.54, 1.807) is 0 Å². The molecule has 0 radical (unpaired) electrons. The van der Waals surface area contributed by atoms with Crippen molar-refractivity contribution in [2.24, 2.45) is 11.7 Å². The van der Waals surface area contributed by atoms with E-state index in [9.17, 15) is 0 Å². The highest BCUT2D eigenvalue weighted by molar-refractivity contribution is 5.10. The first-order valence-electron chi connectivity index (χ1n) is 4.00. The molecule has 1 atom stereocenters.